The molecule has 0 aromatic carbocycles. The average Bonchev–Trinajstić information content (AvgIpc) is 3.08. The number of nitrogens with zero attached hydrogens (tertiary/aromatic N) is 5. The minimum Gasteiger partial charge on any atom is -0.384 e. The molecule has 1 N–H and O–H groups in total. The SMILES string of the molecule is CN=C(NCc1cnc(N(C)C)n1C)N1CCC(COC)C1. The fraction of sp³-hybridized carbons (Fsp3) is 0.733. The second kappa shape index (κ2) is 7.49. The Balaban J connectivity index is 1.92. The first kappa shape index (κ1) is 16.6. The summed E-state index contributed by atoms with van der Waals surface area (Å²) in [6.07, 6.45) is 3.07. The molecule has 0 aliphatic carbocycles. The Kier molecular flexibility index (Phi) is 5.65. The zero-order chi connectivity index (χ0) is 16.1. The Morgan fingerprint density at radius 2 is 2.32 bits per heavy atom. The fourth-order valence-corrected chi connectivity index (χ4v) is 2.91. The molecule has 2 heterocycles. The number of imidazole rings is 1. The van der Waals surface area contributed by atoms with Gasteiger partial charge in [0.2, 0.25) is 5.95 Å². The van der Waals surface area contributed by atoms with Crippen LogP contribution < -0.4 is 10.2 Å². The number of ether oxygens (including phenoxy) is 1. The second-order valence-electron chi connectivity index (χ2n) is 5.96. The first-order valence-corrected chi connectivity index (χ1v) is 7.69. The van der Waals surface area contributed by atoms with Crippen LogP contribution in [0.15, 0.2) is 11.2 Å². The third-order valence-electron chi connectivity index (χ3n) is 4.09. The molecular weight excluding hydrogens is 280 g/mol. The number of anilines is 1. The zero-order valence-corrected chi connectivity index (χ0v) is 14.3. The molecule has 0 saturated carbocycles. The van der Waals surface area contributed by atoms with Crippen molar-refractivity contribution in [1.82, 2.24) is 19.8 Å². The lowest BCUT2D eigenvalue weighted by Crippen LogP contribution is -2.40. The summed E-state index contributed by atoms with van der Waals surface area (Å²) in [4.78, 5) is 13.1. The van der Waals surface area contributed by atoms with E-state index in [2.05, 4.69) is 24.8 Å². The summed E-state index contributed by atoms with van der Waals surface area (Å²) in [5.74, 6) is 2.50. The van der Waals surface area contributed by atoms with Gasteiger partial charge in [0.15, 0.2) is 5.96 Å². The third-order valence-corrected chi connectivity index (χ3v) is 4.09. The van der Waals surface area contributed by atoms with Crippen LogP contribution in [0.2, 0.25) is 0 Å². The topological polar surface area (TPSA) is 57.9 Å². The second-order valence-corrected chi connectivity index (χ2v) is 5.96. The van der Waals surface area contributed by atoms with E-state index in [-0.39, 0.29) is 0 Å². The first-order chi connectivity index (χ1) is 10.6. The standard InChI is InChI=1S/C15H28N6O/c1-16-14(21-7-6-12(10-21)11-22-5)17-8-13-9-18-15(19(2)3)20(13)4/h9,12H,6-8,10-11H2,1-5H3,(H,16,17). The van der Waals surface area contributed by atoms with Crippen molar-refractivity contribution in [2.45, 2.75) is 13.0 Å². The van der Waals surface area contributed by atoms with E-state index < -0.39 is 0 Å². The van der Waals surface area contributed by atoms with E-state index in [0.29, 0.717) is 5.92 Å². The van der Waals surface area contributed by atoms with Gasteiger partial charge in [-0.2, -0.15) is 0 Å². The molecule has 22 heavy (non-hydrogen) atoms. The van der Waals surface area contributed by atoms with Crippen molar-refractivity contribution in [3.63, 3.8) is 0 Å². The minimum atomic E-state index is 0.598. The Morgan fingerprint density at radius 3 is 2.91 bits per heavy atom. The largest absolute Gasteiger partial charge is 0.384 e. The lowest BCUT2D eigenvalue weighted by atomic mass is 10.1. The Labute approximate surface area is 133 Å². The summed E-state index contributed by atoms with van der Waals surface area (Å²) in [6, 6.07) is 0. The van der Waals surface area contributed by atoms with Crippen molar-refractivity contribution < 1.29 is 4.74 Å². The number of rotatable bonds is 5. The van der Waals surface area contributed by atoms with Gasteiger partial charge < -0.3 is 24.4 Å². The van der Waals surface area contributed by atoms with E-state index in [0.717, 1.165) is 50.3 Å². The number of hydrogen-bond donors (Lipinski definition) is 1. The van der Waals surface area contributed by atoms with Crippen LogP contribution in [0.25, 0.3) is 0 Å². The van der Waals surface area contributed by atoms with Crippen LogP contribution in [0, 0.1) is 5.92 Å². The van der Waals surface area contributed by atoms with Crippen LogP contribution in [0.4, 0.5) is 5.95 Å². The highest BCUT2D eigenvalue weighted by Gasteiger charge is 2.24. The molecular formula is C15H28N6O. The van der Waals surface area contributed by atoms with Crippen LogP contribution in [0.3, 0.4) is 0 Å². The molecule has 124 valence electrons. The van der Waals surface area contributed by atoms with Crippen LogP contribution in [0.1, 0.15) is 12.1 Å². The monoisotopic (exact) mass is 308 g/mol. The summed E-state index contributed by atoms with van der Waals surface area (Å²) in [7, 11) is 9.63. The smallest absolute Gasteiger partial charge is 0.204 e. The van der Waals surface area contributed by atoms with E-state index in [1.807, 2.05) is 39.3 Å². The highest BCUT2D eigenvalue weighted by Crippen LogP contribution is 2.16. The van der Waals surface area contributed by atoms with Gasteiger partial charge >= 0.3 is 0 Å². The summed E-state index contributed by atoms with van der Waals surface area (Å²) in [6.45, 7) is 3.57. The number of aromatic nitrogens is 2. The van der Waals surface area contributed by atoms with Gasteiger partial charge in [-0.15, -0.1) is 0 Å². The van der Waals surface area contributed by atoms with Crippen LogP contribution in [-0.2, 0) is 18.3 Å². The maximum absolute atomic E-state index is 5.25. The van der Waals surface area contributed by atoms with Crippen molar-refractivity contribution in [2.24, 2.45) is 18.0 Å². The van der Waals surface area contributed by atoms with Gasteiger partial charge in [-0.3, -0.25) is 4.99 Å². The van der Waals surface area contributed by atoms with Gasteiger partial charge in [0.25, 0.3) is 0 Å². The number of guanidine groups is 1. The number of methoxy groups -OCH3 is 1. The molecule has 7 heteroatoms. The molecule has 1 fully saturated rings. The molecule has 0 radical (unpaired) electrons. The molecule has 1 aliphatic heterocycles. The van der Waals surface area contributed by atoms with Gasteiger partial charge in [-0.25, -0.2) is 4.98 Å². The van der Waals surface area contributed by atoms with Crippen molar-refractivity contribution in [1.29, 1.82) is 0 Å². The lowest BCUT2D eigenvalue weighted by Gasteiger charge is -2.22. The first-order valence-electron chi connectivity index (χ1n) is 7.69. The highest BCUT2D eigenvalue weighted by atomic mass is 16.5. The maximum atomic E-state index is 5.25. The highest BCUT2D eigenvalue weighted by molar-refractivity contribution is 5.80. The molecule has 7 nitrogen and oxygen atoms in total. The minimum absolute atomic E-state index is 0.598. The number of aliphatic imine (C=N–C) groups is 1. The normalized spacial score (nSPS) is 18.9. The van der Waals surface area contributed by atoms with Crippen LogP contribution in [-0.4, -0.2) is 68.4 Å². The van der Waals surface area contributed by atoms with Crippen molar-refractivity contribution in [3.05, 3.63) is 11.9 Å². The molecule has 1 aromatic heterocycles. The van der Waals surface area contributed by atoms with E-state index in [1.54, 1.807) is 7.11 Å². The van der Waals surface area contributed by atoms with Gasteiger partial charge in [-0.05, 0) is 6.42 Å². The van der Waals surface area contributed by atoms with Crippen LogP contribution >= 0.6 is 0 Å². The third kappa shape index (κ3) is 3.71. The van der Waals surface area contributed by atoms with E-state index in [1.165, 1.54) is 0 Å². The summed E-state index contributed by atoms with van der Waals surface area (Å²) >= 11 is 0. The number of likely N-dealkylation sites (tertiary alicyclic amines) is 1. The predicted molar refractivity (Wildman–Crippen MR) is 89.3 cm³/mol. The fourth-order valence-electron chi connectivity index (χ4n) is 2.91. The molecule has 0 spiro atoms. The molecule has 1 aliphatic rings. The Morgan fingerprint density at radius 1 is 1.55 bits per heavy atom. The van der Waals surface area contributed by atoms with Gasteiger partial charge in [0, 0.05) is 54.3 Å². The van der Waals surface area contributed by atoms with Crippen LogP contribution in [0.5, 0.6) is 0 Å². The average molecular weight is 308 g/mol. The maximum Gasteiger partial charge on any atom is 0.204 e. The van der Waals surface area contributed by atoms with E-state index in [4.69, 9.17) is 4.74 Å². The molecule has 2 rings (SSSR count). The lowest BCUT2D eigenvalue weighted by molar-refractivity contribution is 0.157. The molecule has 0 bridgehead atoms. The van der Waals surface area contributed by atoms with Gasteiger partial charge in [0.05, 0.1) is 25.0 Å². The predicted octanol–water partition coefficient (Wildman–Crippen LogP) is 0.530. The Hall–Kier alpha value is -1.76. The number of nitrogens with one attached hydrogen (secondary N) is 1. The summed E-state index contributed by atoms with van der Waals surface area (Å²) in [5.41, 5.74) is 1.14. The van der Waals surface area contributed by atoms with Crippen molar-refractivity contribution in [2.75, 3.05) is 52.8 Å². The molecule has 1 atom stereocenters. The number of hydrogen-bond acceptors (Lipinski definition) is 4. The molecule has 0 amide bonds. The molecule has 1 aromatic rings. The summed E-state index contributed by atoms with van der Waals surface area (Å²) < 4.78 is 7.35. The zero-order valence-electron chi connectivity index (χ0n) is 14.3. The van der Waals surface area contributed by atoms with Crippen molar-refractivity contribution >= 4 is 11.9 Å². The van der Waals surface area contributed by atoms with Gasteiger partial charge in [0.1, 0.15) is 0 Å². The van der Waals surface area contributed by atoms with E-state index in [9.17, 15) is 0 Å². The van der Waals surface area contributed by atoms with Gasteiger partial charge in [-0.1, -0.05) is 0 Å². The summed E-state index contributed by atoms with van der Waals surface area (Å²) in [5, 5.41) is 3.44. The van der Waals surface area contributed by atoms with E-state index >= 15 is 0 Å². The quantitative estimate of drug-likeness (QED) is 0.635. The molecule has 1 saturated heterocycles. The Bertz CT molecular complexity index is 510. The van der Waals surface area contributed by atoms with Crippen molar-refractivity contribution in [3.8, 4) is 0 Å². The molecule has 1 unspecified atom stereocenters.